The normalized spacial score (nSPS) is 28.3. The summed E-state index contributed by atoms with van der Waals surface area (Å²) >= 11 is 0. The molecule has 0 radical (unpaired) electrons. The Morgan fingerprint density at radius 2 is 1.88 bits per heavy atom. The van der Waals surface area contributed by atoms with Crippen molar-refractivity contribution in [2.45, 2.75) is 44.6 Å². The molecular weight excluding hydrogens is 327 g/mol. The fraction of sp³-hybridized carbons (Fsp3) is 0.632. The van der Waals surface area contributed by atoms with Crippen molar-refractivity contribution in [3.05, 3.63) is 35.6 Å². The molecule has 24 heavy (non-hydrogen) atoms. The molecule has 2 atom stereocenters. The Labute approximate surface area is 149 Å². The first-order chi connectivity index (χ1) is 11.2. The highest BCUT2D eigenvalue weighted by molar-refractivity contribution is 5.85. The number of nitrogens with one attached hydrogen (secondary N) is 1. The van der Waals surface area contributed by atoms with Gasteiger partial charge in [0.25, 0.3) is 0 Å². The predicted octanol–water partition coefficient (Wildman–Crippen LogP) is 3.69. The average molecular weight is 353 g/mol. The zero-order valence-electron chi connectivity index (χ0n) is 14.0. The van der Waals surface area contributed by atoms with Gasteiger partial charge in [0.2, 0.25) is 5.91 Å². The van der Waals surface area contributed by atoms with Crippen LogP contribution in [0.1, 0.15) is 50.1 Å². The maximum atomic E-state index is 13.2. The summed E-state index contributed by atoms with van der Waals surface area (Å²) in [6, 6.07) is 6.85. The molecule has 1 saturated carbocycles. The molecule has 1 spiro atoms. The highest BCUT2D eigenvalue weighted by Crippen LogP contribution is 2.59. The monoisotopic (exact) mass is 352 g/mol. The smallest absolute Gasteiger partial charge is 0.226 e. The van der Waals surface area contributed by atoms with Gasteiger partial charge < -0.3 is 10.2 Å². The van der Waals surface area contributed by atoms with Crippen molar-refractivity contribution < 1.29 is 9.18 Å². The van der Waals surface area contributed by atoms with Gasteiger partial charge >= 0.3 is 0 Å². The summed E-state index contributed by atoms with van der Waals surface area (Å²) in [6.45, 7) is 2.95. The molecule has 132 valence electrons. The first-order valence-electron chi connectivity index (χ1n) is 8.96. The van der Waals surface area contributed by atoms with Gasteiger partial charge in [-0.15, -0.1) is 12.4 Å². The summed E-state index contributed by atoms with van der Waals surface area (Å²) in [6.07, 6.45) is 6.58. The number of carbonyl (C=O) groups excluding carboxylic acids is 1. The molecule has 1 aromatic carbocycles. The molecule has 0 bridgehead atoms. The number of likely N-dealkylation sites (tertiary alicyclic amines) is 1. The number of amides is 1. The second kappa shape index (κ2) is 7.01. The Bertz CT molecular complexity index is 586. The highest BCUT2D eigenvalue weighted by atomic mass is 35.5. The molecule has 1 aliphatic carbocycles. The largest absolute Gasteiger partial charge is 0.335 e. The van der Waals surface area contributed by atoms with Gasteiger partial charge in [-0.2, -0.15) is 0 Å². The van der Waals surface area contributed by atoms with Crippen LogP contribution in [0.15, 0.2) is 24.3 Å². The first-order valence-corrected chi connectivity index (χ1v) is 8.96. The quantitative estimate of drug-likeness (QED) is 0.880. The van der Waals surface area contributed by atoms with Gasteiger partial charge in [0, 0.05) is 12.5 Å². The van der Waals surface area contributed by atoms with Gasteiger partial charge in [0.05, 0.1) is 6.04 Å². The van der Waals surface area contributed by atoms with Crippen LogP contribution in [0.25, 0.3) is 0 Å². The molecule has 3 nitrogen and oxygen atoms in total. The molecule has 2 saturated heterocycles. The van der Waals surface area contributed by atoms with E-state index in [1.54, 1.807) is 0 Å². The van der Waals surface area contributed by atoms with Crippen molar-refractivity contribution in [1.82, 2.24) is 10.2 Å². The lowest BCUT2D eigenvalue weighted by Crippen LogP contribution is -2.41. The van der Waals surface area contributed by atoms with Crippen LogP contribution in [0.3, 0.4) is 0 Å². The minimum atomic E-state index is -0.210. The van der Waals surface area contributed by atoms with E-state index in [-0.39, 0.29) is 35.6 Å². The van der Waals surface area contributed by atoms with Gasteiger partial charge in [-0.05, 0) is 74.7 Å². The number of piperidine rings is 2. The second-order valence-corrected chi connectivity index (χ2v) is 7.46. The van der Waals surface area contributed by atoms with Gasteiger partial charge in [-0.3, -0.25) is 4.79 Å². The number of halogens is 2. The molecule has 2 aliphatic heterocycles. The highest BCUT2D eigenvalue weighted by Gasteiger charge is 2.59. The van der Waals surface area contributed by atoms with Crippen LogP contribution in [0.4, 0.5) is 4.39 Å². The lowest BCUT2D eigenvalue weighted by molar-refractivity contribution is -0.137. The Morgan fingerprint density at radius 3 is 2.58 bits per heavy atom. The standard InChI is InChI=1S/C19H25FN2O.ClH/c20-15-6-4-14(5-7-15)17-3-1-2-12-22(17)18(23)16-13-19(16)8-10-21-11-9-19;/h4-7,16-17,21H,1-3,8-13H2;1H. The number of benzene rings is 1. The third kappa shape index (κ3) is 3.18. The molecule has 3 aliphatic rings. The van der Waals surface area contributed by atoms with Crippen LogP contribution < -0.4 is 5.32 Å². The van der Waals surface area contributed by atoms with Crippen molar-refractivity contribution in [2.75, 3.05) is 19.6 Å². The van der Waals surface area contributed by atoms with Crippen LogP contribution >= 0.6 is 12.4 Å². The lowest BCUT2D eigenvalue weighted by atomic mass is 9.90. The van der Waals surface area contributed by atoms with Crippen molar-refractivity contribution in [2.24, 2.45) is 11.3 Å². The number of carbonyl (C=O) groups is 1. The molecule has 2 unspecified atom stereocenters. The summed E-state index contributed by atoms with van der Waals surface area (Å²) in [5, 5.41) is 3.40. The number of hydrogen-bond acceptors (Lipinski definition) is 2. The van der Waals surface area contributed by atoms with Crippen molar-refractivity contribution in [1.29, 1.82) is 0 Å². The summed E-state index contributed by atoms with van der Waals surface area (Å²) in [5.74, 6) is 0.366. The summed E-state index contributed by atoms with van der Waals surface area (Å²) in [5.41, 5.74) is 1.37. The van der Waals surface area contributed by atoms with Crippen LogP contribution in [0.5, 0.6) is 0 Å². The van der Waals surface area contributed by atoms with E-state index < -0.39 is 0 Å². The zero-order chi connectivity index (χ0) is 15.9. The summed E-state index contributed by atoms with van der Waals surface area (Å²) < 4.78 is 13.2. The number of hydrogen-bond donors (Lipinski definition) is 1. The van der Waals surface area contributed by atoms with E-state index in [1.165, 1.54) is 12.1 Å². The van der Waals surface area contributed by atoms with E-state index in [1.807, 2.05) is 12.1 Å². The molecule has 1 amide bonds. The molecule has 1 N–H and O–H groups in total. The Kier molecular flexibility index (Phi) is 5.16. The molecular formula is C19H26ClFN2O. The van der Waals surface area contributed by atoms with Gasteiger partial charge in [-0.25, -0.2) is 4.39 Å². The van der Waals surface area contributed by atoms with E-state index in [4.69, 9.17) is 0 Å². The summed E-state index contributed by atoms with van der Waals surface area (Å²) in [4.78, 5) is 15.2. The van der Waals surface area contributed by atoms with Gasteiger partial charge in [0.15, 0.2) is 0 Å². The Balaban J connectivity index is 0.00000169. The maximum absolute atomic E-state index is 13.2. The van der Waals surface area contributed by atoms with Crippen molar-refractivity contribution in [3.63, 3.8) is 0 Å². The van der Waals surface area contributed by atoms with E-state index in [0.29, 0.717) is 5.91 Å². The van der Waals surface area contributed by atoms with Gasteiger partial charge in [-0.1, -0.05) is 12.1 Å². The van der Waals surface area contributed by atoms with Crippen LogP contribution in [-0.4, -0.2) is 30.4 Å². The lowest BCUT2D eigenvalue weighted by Gasteiger charge is -2.37. The fourth-order valence-corrected chi connectivity index (χ4v) is 4.60. The van der Waals surface area contributed by atoms with E-state index >= 15 is 0 Å². The first kappa shape index (κ1) is 17.7. The van der Waals surface area contributed by atoms with Crippen LogP contribution in [0, 0.1) is 17.2 Å². The molecule has 3 fully saturated rings. The molecule has 5 heteroatoms. The maximum Gasteiger partial charge on any atom is 0.226 e. The van der Waals surface area contributed by atoms with E-state index in [2.05, 4.69) is 10.2 Å². The third-order valence-electron chi connectivity index (χ3n) is 6.13. The number of rotatable bonds is 2. The SMILES string of the molecule is Cl.O=C(C1CC12CCNCC2)N1CCCCC1c1ccc(F)cc1. The molecule has 1 aromatic rings. The van der Waals surface area contributed by atoms with E-state index in [9.17, 15) is 9.18 Å². The van der Waals surface area contributed by atoms with Gasteiger partial charge in [0.1, 0.15) is 5.82 Å². The zero-order valence-corrected chi connectivity index (χ0v) is 14.8. The van der Waals surface area contributed by atoms with Crippen LogP contribution in [0.2, 0.25) is 0 Å². The van der Waals surface area contributed by atoms with Crippen LogP contribution in [-0.2, 0) is 4.79 Å². The predicted molar refractivity (Wildman–Crippen MR) is 94.6 cm³/mol. The molecule has 0 aromatic heterocycles. The molecule has 4 rings (SSSR count). The third-order valence-corrected chi connectivity index (χ3v) is 6.13. The topological polar surface area (TPSA) is 32.3 Å². The minimum absolute atomic E-state index is 0. The minimum Gasteiger partial charge on any atom is -0.335 e. The Hall–Kier alpha value is -1.13. The van der Waals surface area contributed by atoms with Crippen molar-refractivity contribution >= 4 is 18.3 Å². The number of nitrogens with zero attached hydrogens (tertiary/aromatic N) is 1. The Morgan fingerprint density at radius 1 is 1.17 bits per heavy atom. The summed E-state index contributed by atoms with van der Waals surface area (Å²) in [7, 11) is 0. The second-order valence-electron chi connectivity index (χ2n) is 7.46. The average Bonchev–Trinajstić information content (AvgIpc) is 3.28. The van der Waals surface area contributed by atoms with E-state index in [0.717, 1.165) is 63.7 Å². The molecule has 2 heterocycles. The van der Waals surface area contributed by atoms with Crippen molar-refractivity contribution in [3.8, 4) is 0 Å². The fourth-order valence-electron chi connectivity index (χ4n) is 4.60.